The van der Waals surface area contributed by atoms with Crippen LogP contribution in [-0.4, -0.2) is 28.3 Å². The Morgan fingerprint density at radius 1 is 1.43 bits per heavy atom. The van der Waals surface area contributed by atoms with Crippen molar-refractivity contribution >= 4 is 11.9 Å². The number of aliphatic hydroxyl groups is 1. The van der Waals surface area contributed by atoms with Crippen molar-refractivity contribution in [3.8, 4) is 0 Å². The quantitative estimate of drug-likeness (QED) is 0.397. The highest BCUT2D eigenvalue weighted by Gasteiger charge is 2.01. The zero-order valence-electron chi connectivity index (χ0n) is 8.40. The maximum atomic E-state index is 9.75. The molecule has 0 heterocycles. The Labute approximate surface area is 83.3 Å². The summed E-state index contributed by atoms with van der Waals surface area (Å²) in [6, 6.07) is 0. The first-order valence-corrected chi connectivity index (χ1v) is 3.60. The third-order valence-electron chi connectivity index (χ3n) is 0.607. The first kappa shape index (κ1) is 18.2. The fourth-order valence-corrected chi connectivity index (χ4v) is 0.117. The highest BCUT2D eigenvalue weighted by atomic mass is 16.5. The van der Waals surface area contributed by atoms with Crippen LogP contribution in [0.2, 0.25) is 0 Å². The highest BCUT2D eigenvalue weighted by Crippen LogP contribution is 1.73. The number of carbonyl (C=O) groups excluding carboxylic acids is 1. The van der Waals surface area contributed by atoms with Gasteiger partial charge in [-0.3, -0.25) is 4.79 Å². The SMILES string of the molecule is C=C.C=COC(C)=O.CC(O)C(=O)O. The van der Waals surface area contributed by atoms with Crippen LogP contribution >= 0.6 is 0 Å². The minimum absolute atomic E-state index is 0.329. The number of aliphatic hydroxyl groups excluding tert-OH is 1. The van der Waals surface area contributed by atoms with E-state index in [4.69, 9.17) is 10.2 Å². The van der Waals surface area contributed by atoms with Gasteiger partial charge >= 0.3 is 11.9 Å². The average Bonchev–Trinajstić information content (AvgIpc) is 2.08. The summed E-state index contributed by atoms with van der Waals surface area (Å²) in [4.78, 5) is 19.2. The van der Waals surface area contributed by atoms with Crippen LogP contribution in [0, 0.1) is 0 Å². The average molecular weight is 204 g/mol. The van der Waals surface area contributed by atoms with Crippen molar-refractivity contribution in [3.63, 3.8) is 0 Å². The van der Waals surface area contributed by atoms with E-state index in [1.165, 1.54) is 13.8 Å². The third kappa shape index (κ3) is 31.6. The summed E-state index contributed by atoms with van der Waals surface area (Å²) in [6.07, 6.45) is -0.132. The first-order valence-electron chi connectivity index (χ1n) is 3.60. The van der Waals surface area contributed by atoms with Crippen LogP contribution in [0.25, 0.3) is 0 Å². The molecule has 0 fully saturated rings. The van der Waals surface area contributed by atoms with Crippen molar-refractivity contribution in [1.82, 2.24) is 0 Å². The Balaban J connectivity index is -0.000000147. The molecule has 0 aliphatic carbocycles. The lowest BCUT2D eigenvalue weighted by molar-refractivity contribution is -0.145. The standard InChI is InChI=1S/C4H6O2.C3H6O3.C2H4/c1-3-6-4(2)5;1-2(4)3(5)6;1-2/h3H,1H2,2H3;2,4H,1H3,(H,5,6);1-2H2. The predicted molar refractivity (Wildman–Crippen MR) is 52.5 cm³/mol. The minimum atomic E-state index is -1.23. The normalized spacial score (nSPS) is 9.07. The van der Waals surface area contributed by atoms with Crippen molar-refractivity contribution < 1.29 is 24.5 Å². The topological polar surface area (TPSA) is 83.8 Å². The van der Waals surface area contributed by atoms with Gasteiger partial charge < -0.3 is 14.9 Å². The van der Waals surface area contributed by atoms with Crippen LogP contribution in [-0.2, 0) is 14.3 Å². The van der Waals surface area contributed by atoms with Gasteiger partial charge in [-0.25, -0.2) is 4.79 Å². The third-order valence-corrected chi connectivity index (χ3v) is 0.607. The summed E-state index contributed by atoms with van der Waals surface area (Å²) in [5, 5.41) is 15.8. The molecule has 0 aliphatic rings. The second-order valence-electron chi connectivity index (χ2n) is 1.79. The van der Waals surface area contributed by atoms with Gasteiger partial charge in [0.2, 0.25) is 0 Å². The number of hydrogen-bond donors (Lipinski definition) is 2. The van der Waals surface area contributed by atoms with Crippen LogP contribution in [0.5, 0.6) is 0 Å². The number of esters is 1. The van der Waals surface area contributed by atoms with Crippen molar-refractivity contribution in [3.05, 3.63) is 26.0 Å². The lowest BCUT2D eigenvalue weighted by atomic mass is 10.4. The summed E-state index contributed by atoms with van der Waals surface area (Å²) in [5.41, 5.74) is 0. The summed E-state index contributed by atoms with van der Waals surface area (Å²) < 4.78 is 4.17. The molecule has 2 N–H and O–H groups in total. The molecule has 82 valence electrons. The van der Waals surface area contributed by atoms with Crippen molar-refractivity contribution in [2.45, 2.75) is 20.0 Å². The number of carboxylic acids is 1. The Bertz CT molecular complexity index is 174. The molecule has 5 nitrogen and oxygen atoms in total. The Hall–Kier alpha value is -1.62. The van der Waals surface area contributed by atoms with E-state index in [9.17, 15) is 9.59 Å². The zero-order valence-corrected chi connectivity index (χ0v) is 8.40. The van der Waals surface area contributed by atoms with Gasteiger partial charge in [-0.05, 0) is 6.92 Å². The molecule has 0 radical (unpaired) electrons. The number of hydrogen-bond acceptors (Lipinski definition) is 4. The smallest absolute Gasteiger partial charge is 0.332 e. The summed E-state index contributed by atoms with van der Waals surface area (Å²) in [6.45, 7) is 11.7. The summed E-state index contributed by atoms with van der Waals surface area (Å²) in [7, 11) is 0. The van der Waals surface area contributed by atoms with Gasteiger partial charge in [0.15, 0.2) is 0 Å². The van der Waals surface area contributed by atoms with Crippen molar-refractivity contribution in [1.29, 1.82) is 0 Å². The monoisotopic (exact) mass is 204 g/mol. The van der Waals surface area contributed by atoms with Crippen LogP contribution in [0.1, 0.15) is 13.8 Å². The largest absolute Gasteiger partial charge is 0.479 e. The molecule has 0 bridgehead atoms. The number of carbonyl (C=O) groups is 2. The Morgan fingerprint density at radius 3 is 1.71 bits per heavy atom. The van der Waals surface area contributed by atoms with Gasteiger partial charge in [-0.15, -0.1) is 13.2 Å². The van der Waals surface area contributed by atoms with Gasteiger partial charge in [0, 0.05) is 6.92 Å². The molecular weight excluding hydrogens is 188 g/mol. The van der Waals surface area contributed by atoms with Gasteiger partial charge in [-0.1, -0.05) is 6.58 Å². The fraction of sp³-hybridized carbons (Fsp3) is 0.333. The maximum Gasteiger partial charge on any atom is 0.332 e. The lowest BCUT2D eigenvalue weighted by Crippen LogP contribution is -2.13. The van der Waals surface area contributed by atoms with Gasteiger partial charge in [0.05, 0.1) is 6.26 Å². The second kappa shape index (κ2) is 13.9. The number of carboxylic acid groups (broad SMARTS) is 1. The fourth-order valence-electron chi connectivity index (χ4n) is 0.117. The van der Waals surface area contributed by atoms with E-state index in [0.717, 1.165) is 6.26 Å². The first-order chi connectivity index (χ1) is 6.41. The molecule has 0 amide bonds. The van der Waals surface area contributed by atoms with Gasteiger partial charge in [-0.2, -0.15) is 0 Å². The molecule has 0 aromatic heterocycles. The molecule has 0 aliphatic heterocycles. The molecule has 14 heavy (non-hydrogen) atoms. The van der Waals surface area contributed by atoms with Crippen LogP contribution in [0.3, 0.4) is 0 Å². The van der Waals surface area contributed by atoms with Crippen molar-refractivity contribution in [2.75, 3.05) is 0 Å². The van der Waals surface area contributed by atoms with Crippen LogP contribution < -0.4 is 0 Å². The van der Waals surface area contributed by atoms with Crippen LogP contribution in [0.15, 0.2) is 26.0 Å². The minimum Gasteiger partial charge on any atom is -0.479 e. The molecule has 0 saturated carbocycles. The Morgan fingerprint density at radius 2 is 1.71 bits per heavy atom. The lowest BCUT2D eigenvalue weighted by Gasteiger charge is -1.89. The second-order valence-corrected chi connectivity index (χ2v) is 1.79. The Kier molecular flexibility index (Phi) is 18.1. The van der Waals surface area contributed by atoms with Gasteiger partial charge in [0.25, 0.3) is 0 Å². The number of ether oxygens (including phenoxy) is 1. The molecule has 0 rings (SSSR count). The number of rotatable bonds is 2. The summed E-state index contributed by atoms with van der Waals surface area (Å²) in [5.74, 6) is -1.51. The molecule has 0 aromatic carbocycles. The summed E-state index contributed by atoms with van der Waals surface area (Å²) >= 11 is 0. The van der Waals surface area contributed by atoms with E-state index < -0.39 is 12.1 Å². The van der Waals surface area contributed by atoms with E-state index >= 15 is 0 Å². The zero-order chi connectivity index (χ0) is 12.1. The molecule has 1 atom stereocenters. The van der Waals surface area contributed by atoms with E-state index in [1.807, 2.05) is 0 Å². The highest BCUT2D eigenvalue weighted by molar-refractivity contribution is 5.71. The van der Waals surface area contributed by atoms with E-state index in [-0.39, 0.29) is 5.97 Å². The molecule has 0 aromatic rings. The molecule has 5 heteroatoms. The van der Waals surface area contributed by atoms with Crippen molar-refractivity contribution in [2.24, 2.45) is 0 Å². The molecule has 1 unspecified atom stereocenters. The molecular formula is C9H16O5. The molecule has 0 saturated heterocycles. The van der Waals surface area contributed by atoms with Crippen LogP contribution in [0.4, 0.5) is 0 Å². The maximum absolute atomic E-state index is 9.75. The predicted octanol–water partition coefficient (Wildman–Crippen LogP) is 0.947. The number of aliphatic carboxylic acids is 1. The molecule has 0 spiro atoms. The van der Waals surface area contributed by atoms with E-state index in [2.05, 4.69) is 24.5 Å². The van der Waals surface area contributed by atoms with Gasteiger partial charge in [0.1, 0.15) is 6.10 Å². The van der Waals surface area contributed by atoms with E-state index in [0.29, 0.717) is 0 Å². The van der Waals surface area contributed by atoms with E-state index in [1.54, 1.807) is 0 Å².